The summed E-state index contributed by atoms with van der Waals surface area (Å²) < 4.78 is 19.8. The maximum absolute atomic E-state index is 13.7. The molecule has 1 aliphatic heterocycles. The van der Waals surface area contributed by atoms with E-state index in [1.54, 1.807) is 17.5 Å². The van der Waals surface area contributed by atoms with Crippen molar-refractivity contribution < 1.29 is 18.7 Å². The van der Waals surface area contributed by atoms with Gasteiger partial charge in [-0.25, -0.2) is 9.37 Å². The molecule has 2 heterocycles. The van der Waals surface area contributed by atoms with E-state index in [1.165, 1.54) is 23.5 Å². The highest BCUT2D eigenvalue weighted by molar-refractivity contribution is 7.09. The third kappa shape index (κ3) is 5.99. The van der Waals surface area contributed by atoms with Gasteiger partial charge in [-0.1, -0.05) is 18.2 Å². The summed E-state index contributed by atoms with van der Waals surface area (Å²) in [4.78, 5) is 33.8. The van der Waals surface area contributed by atoms with Gasteiger partial charge in [0.15, 0.2) is 0 Å². The van der Waals surface area contributed by atoms with Gasteiger partial charge < -0.3 is 19.9 Å². The van der Waals surface area contributed by atoms with E-state index < -0.39 is 0 Å². The van der Waals surface area contributed by atoms with E-state index in [0.29, 0.717) is 29.5 Å². The molecule has 37 heavy (non-hydrogen) atoms. The number of nitrogens with zero attached hydrogens (tertiary/aromatic N) is 3. The average Bonchev–Trinajstić information content (AvgIpc) is 3.63. The summed E-state index contributed by atoms with van der Waals surface area (Å²) >= 11 is 1.38. The van der Waals surface area contributed by atoms with Crippen molar-refractivity contribution >= 4 is 23.2 Å². The number of aromatic nitrogens is 1. The van der Waals surface area contributed by atoms with Gasteiger partial charge in [0.25, 0.3) is 5.91 Å². The van der Waals surface area contributed by atoms with E-state index in [4.69, 9.17) is 4.74 Å². The molecule has 2 aromatic carbocycles. The first-order chi connectivity index (χ1) is 17.9. The van der Waals surface area contributed by atoms with Crippen molar-refractivity contribution in [3.63, 3.8) is 0 Å². The number of amides is 2. The Labute approximate surface area is 220 Å². The Bertz CT molecular complexity index is 1270. The Hall–Kier alpha value is -3.30. The summed E-state index contributed by atoms with van der Waals surface area (Å²) in [5, 5.41) is 5.31. The van der Waals surface area contributed by atoms with E-state index in [2.05, 4.69) is 10.3 Å². The molecule has 1 unspecified atom stereocenters. The summed E-state index contributed by atoms with van der Waals surface area (Å²) in [5.74, 6) is 0.444. The SMILES string of the molecule is CN(C)CCNC(=O)c1csc(COc2ccc3c(c2)C(c2ccc(F)cc2)N(C(=O)C2CC2)CC3)n1. The number of fused-ring (bicyclic) bond motifs is 1. The fourth-order valence-electron chi connectivity index (χ4n) is 4.60. The number of thiazole rings is 1. The standard InChI is InChI=1S/C28H31FN4O3S/c1-32(2)14-12-30-27(34)24-17-37-25(31-24)16-36-22-10-7-18-11-13-33(28(35)20-3-4-20)26(23(18)15-22)19-5-8-21(29)9-6-19/h5-10,15,17,20,26H,3-4,11-14,16H2,1-2H3,(H,30,34). The Balaban J connectivity index is 1.32. The van der Waals surface area contributed by atoms with E-state index in [9.17, 15) is 14.0 Å². The molecule has 2 aliphatic rings. The lowest BCUT2D eigenvalue weighted by molar-refractivity contribution is -0.134. The number of hydrogen-bond donors (Lipinski definition) is 1. The van der Waals surface area contributed by atoms with Gasteiger partial charge in [-0.05, 0) is 74.3 Å². The first-order valence-electron chi connectivity index (χ1n) is 12.6. The van der Waals surface area contributed by atoms with E-state index in [1.807, 2.05) is 42.1 Å². The zero-order valence-electron chi connectivity index (χ0n) is 21.1. The highest BCUT2D eigenvalue weighted by atomic mass is 32.1. The Morgan fingerprint density at radius 3 is 2.70 bits per heavy atom. The number of halogens is 1. The quantitative estimate of drug-likeness (QED) is 0.459. The van der Waals surface area contributed by atoms with Crippen molar-refractivity contribution in [1.29, 1.82) is 0 Å². The minimum atomic E-state index is -0.300. The van der Waals surface area contributed by atoms with Gasteiger partial charge in [-0.2, -0.15) is 0 Å². The molecule has 0 spiro atoms. The third-order valence-corrected chi connectivity index (χ3v) is 7.55. The molecule has 5 rings (SSSR count). The molecule has 9 heteroatoms. The van der Waals surface area contributed by atoms with Gasteiger partial charge in [0.1, 0.15) is 28.9 Å². The molecule has 0 saturated heterocycles. The van der Waals surface area contributed by atoms with Crippen LogP contribution in [-0.2, 0) is 17.8 Å². The number of rotatable bonds is 9. The second kappa shape index (κ2) is 11.0. The van der Waals surface area contributed by atoms with Crippen LogP contribution < -0.4 is 10.1 Å². The largest absolute Gasteiger partial charge is 0.486 e. The predicted octanol–water partition coefficient (Wildman–Crippen LogP) is 4.04. The van der Waals surface area contributed by atoms with Gasteiger partial charge in [0.05, 0.1) is 6.04 Å². The minimum Gasteiger partial charge on any atom is -0.486 e. The monoisotopic (exact) mass is 522 g/mol. The van der Waals surface area contributed by atoms with Crippen LogP contribution in [0.15, 0.2) is 47.8 Å². The smallest absolute Gasteiger partial charge is 0.270 e. The number of carbonyl (C=O) groups excluding carboxylic acids is 2. The lowest BCUT2D eigenvalue weighted by atomic mass is 9.87. The first-order valence-corrected chi connectivity index (χ1v) is 13.5. The van der Waals surface area contributed by atoms with Crippen LogP contribution >= 0.6 is 11.3 Å². The van der Waals surface area contributed by atoms with Gasteiger partial charge in [0, 0.05) is 30.9 Å². The molecular weight excluding hydrogens is 491 g/mol. The van der Waals surface area contributed by atoms with Crippen molar-refractivity contribution in [2.75, 3.05) is 33.7 Å². The first kappa shape index (κ1) is 25.4. The van der Waals surface area contributed by atoms with Gasteiger partial charge in [-0.3, -0.25) is 9.59 Å². The second-order valence-electron chi connectivity index (χ2n) is 9.84. The molecular formula is C28H31FN4O3S. The fourth-order valence-corrected chi connectivity index (χ4v) is 5.29. The Morgan fingerprint density at radius 2 is 1.97 bits per heavy atom. The number of nitrogens with one attached hydrogen (secondary N) is 1. The van der Waals surface area contributed by atoms with Gasteiger partial charge in [0.2, 0.25) is 5.91 Å². The number of benzene rings is 2. The van der Waals surface area contributed by atoms with Crippen molar-refractivity contribution in [3.8, 4) is 5.75 Å². The number of carbonyl (C=O) groups is 2. The average molecular weight is 523 g/mol. The van der Waals surface area contributed by atoms with Crippen LogP contribution in [0.3, 0.4) is 0 Å². The predicted molar refractivity (Wildman–Crippen MR) is 140 cm³/mol. The van der Waals surface area contributed by atoms with E-state index in [0.717, 1.165) is 42.5 Å². The normalized spacial score (nSPS) is 17.0. The van der Waals surface area contributed by atoms with Crippen LogP contribution in [0.2, 0.25) is 0 Å². The van der Waals surface area contributed by atoms with Crippen LogP contribution in [-0.4, -0.2) is 60.3 Å². The van der Waals surface area contributed by atoms with Crippen LogP contribution in [0, 0.1) is 11.7 Å². The second-order valence-corrected chi connectivity index (χ2v) is 10.8. The molecule has 1 aromatic heterocycles. The van der Waals surface area contributed by atoms with Crippen molar-refractivity contribution in [2.24, 2.45) is 5.92 Å². The number of likely N-dealkylation sites (N-methyl/N-ethyl adjacent to an activating group) is 1. The highest BCUT2D eigenvalue weighted by Crippen LogP contribution is 2.41. The Morgan fingerprint density at radius 1 is 1.19 bits per heavy atom. The fraction of sp³-hybridized carbons (Fsp3) is 0.393. The molecule has 2 amide bonds. The summed E-state index contributed by atoms with van der Waals surface area (Å²) in [6.07, 6.45) is 2.64. The molecule has 7 nitrogen and oxygen atoms in total. The van der Waals surface area contributed by atoms with Crippen LogP contribution in [0.5, 0.6) is 5.75 Å². The van der Waals surface area contributed by atoms with Crippen LogP contribution in [0.25, 0.3) is 0 Å². The van der Waals surface area contributed by atoms with Crippen LogP contribution in [0.1, 0.15) is 51.1 Å². The van der Waals surface area contributed by atoms with E-state index in [-0.39, 0.29) is 36.2 Å². The molecule has 1 aliphatic carbocycles. The van der Waals surface area contributed by atoms with Gasteiger partial charge >= 0.3 is 0 Å². The summed E-state index contributed by atoms with van der Waals surface area (Å²) in [7, 11) is 3.91. The van der Waals surface area contributed by atoms with Crippen molar-refractivity contribution in [1.82, 2.24) is 20.1 Å². The number of hydrogen-bond acceptors (Lipinski definition) is 6. The molecule has 1 atom stereocenters. The van der Waals surface area contributed by atoms with Crippen molar-refractivity contribution in [2.45, 2.75) is 31.9 Å². The molecule has 1 saturated carbocycles. The third-order valence-electron chi connectivity index (χ3n) is 6.73. The summed E-state index contributed by atoms with van der Waals surface area (Å²) in [6.45, 7) is 2.19. The summed E-state index contributed by atoms with van der Waals surface area (Å²) in [6, 6.07) is 12.1. The lowest BCUT2D eigenvalue weighted by Crippen LogP contribution is -2.41. The number of ether oxygens (including phenoxy) is 1. The lowest BCUT2D eigenvalue weighted by Gasteiger charge is -2.38. The molecule has 1 N–H and O–H groups in total. The molecule has 1 fully saturated rings. The molecule has 0 radical (unpaired) electrons. The Kier molecular flexibility index (Phi) is 7.53. The maximum atomic E-state index is 13.7. The maximum Gasteiger partial charge on any atom is 0.270 e. The van der Waals surface area contributed by atoms with Crippen LogP contribution in [0.4, 0.5) is 4.39 Å². The molecule has 0 bridgehead atoms. The highest BCUT2D eigenvalue weighted by Gasteiger charge is 2.39. The van der Waals surface area contributed by atoms with Gasteiger partial charge in [-0.15, -0.1) is 11.3 Å². The molecule has 194 valence electrons. The zero-order valence-corrected chi connectivity index (χ0v) is 21.9. The minimum absolute atomic E-state index is 0.100. The van der Waals surface area contributed by atoms with Crippen molar-refractivity contribution in [3.05, 3.63) is 81.1 Å². The topological polar surface area (TPSA) is 74.8 Å². The molecule has 3 aromatic rings. The zero-order chi connectivity index (χ0) is 25.9. The summed E-state index contributed by atoms with van der Waals surface area (Å²) in [5.41, 5.74) is 3.44. The van der Waals surface area contributed by atoms with E-state index >= 15 is 0 Å².